The van der Waals surface area contributed by atoms with Gasteiger partial charge >= 0.3 is 0 Å². The van der Waals surface area contributed by atoms with Crippen molar-refractivity contribution < 1.29 is 14.1 Å². The maximum atomic E-state index is 11.1. The van der Waals surface area contributed by atoms with Gasteiger partial charge in [-0.2, -0.15) is 0 Å². The third-order valence-corrected chi connectivity index (χ3v) is 3.37. The molecule has 0 aliphatic rings. The van der Waals surface area contributed by atoms with E-state index in [1.165, 1.54) is 6.07 Å². The average Bonchev–Trinajstić information content (AvgIpc) is 3.09. The Hall–Kier alpha value is -3.28. The van der Waals surface area contributed by atoms with Gasteiger partial charge in [-0.25, -0.2) is 0 Å². The Labute approximate surface area is 132 Å². The maximum absolute atomic E-state index is 11.1. The summed E-state index contributed by atoms with van der Waals surface area (Å²) >= 11 is 0. The fourth-order valence-electron chi connectivity index (χ4n) is 2.30. The van der Waals surface area contributed by atoms with E-state index in [1.807, 2.05) is 12.1 Å². The zero-order valence-corrected chi connectivity index (χ0v) is 12.4. The number of nitrogens with zero attached hydrogens (tertiary/aromatic N) is 1. The van der Waals surface area contributed by atoms with Crippen molar-refractivity contribution in [1.82, 2.24) is 0 Å². The molecule has 0 aliphatic carbocycles. The lowest BCUT2D eigenvalue weighted by Gasteiger charge is -2.11. The lowest BCUT2D eigenvalue weighted by Crippen LogP contribution is -1.97. The normalized spacial score (nSPS) is 10.3. The molecule has 0 saturated carbocycles. The lowest BCUT2D eigenvalue weighted by molar-refractivity contribution is -0.383. The smallest absolute Gasteiger partial charge is 0.292 e. The monoisotopic (exact) mass is 310 g/mol. The van der Waals surface area contributed by atoms with Crippen LogP contribution in [0.4, 0.5) is 17.1 Å². The molecule has 0 aliphatic heterocycles. The zero-order chi connectivity index (χ0) is 16.2. The molecule has 23 heavy (non-hydrogen) atoms. The number of hydrogen-bond donors (Lipinski definition) is 1. The SMILES string of the molecule is COc1ccc(Nc2ccccc2[N+](=O)[O-])cc1-c1ccco1. The highest BCUT2D eigenvalue weighted by Crippen LogP contribution is 2.35. The van der Waals surface area contributed by atoms with Gasteiger partial charge in [-0.05, 0) is 36.4 Å². The van der Waals surface area contributed by atoms with Gasteiger partial charge in [0.05, 0.1) is 23.9 Å². The number of anilines is 2. The standard InChI is InChI=1S/C17H14N2O4/c1-22-16-9-8-12(11-13(16)17-7-4-10-23-17)18-14-5-2-3-6-15(14)19(20)21/h2-11,18H,1H3. The van der Waals surface area contributed by atoms with Gasteiger partial charge in [0.15, 0.2) is 0 Å². The minimum absolute atomic E-state index is 0.0165. The molecular weight excluding hydrogens is 296 g/mol. The van der Waals surface area contributed by atoms with Crippen molar-refractivity contribution >= 4 is 17.1 Å². The number of nitro groups is 1. The Morgan fingerprint density at radius 2 is 1.96 bits per heavy atom. The number of ether oxygens (including phenoxy) is 1. The van der Waals surface area contributed by atoms with E-state index in [2.05, 4.69) is 5.32 Å². The Kier molecular flexibility index (Phi) is 3.97. The van der Waals surface area contributed by atoms with Crippen LogP contribution in [0.3, 0.4) is 0 Å². The van der Waals surface area contributed by atoms with Crippen LogP contribution in [-0.2, 0) is 0 Å². The van der Waals surface area contributed by atoms with Crippen LogP contribution in [0.25, 0.3) is 11.3 Å². The van der Waals surface area contributed by atoms with Crippen molar-refractivity contribution in [3.05, 3.63) is 71.0 Å². The van der Waals surface area contributed by atoms with Crippen LogP contribution in [0, 0.1) is 10.1 Å². The molecule has 0 unspecified atom stereocenters. The van der Waals surface area contributed by atoms with Gasteiger partial charge in [0.25, 0.3) is 5.69 Å². The first-order valence-electron chi connectivity index (χ1n) is 6.91. The van der Waals surface area contributed by atoms with E-state index in [1.54, 1.807) is 49.8 Å². The van der Waals surface area contributed by atoms with Gasteiger partial charge in [0.2, 0.25) is 0 Å². The quantitative estimate of drug-likeness (QED) is 0.550. The molecule has 0 saturated heterocycles. The number of furan rings is 1. The molecule has 6 nitrogen and oxygen atoms in total. The molecule has 116 valence electrons. The zero-order valence-electron chi connectivity index (χ0n) is 12.4. The van der Waals surface area contributed by atoms with Gasteiger partial charge in [-0.1, -0.05) is 12.1 Å². The van der Waals surface area contributed by atoms with E-state index in [-0.39, 0.29) is 5.69 Å². The average molecular weight is 310 g/mol. The number of methoxy groups -OCH3 is 1. The number of para-hydroxylation sites is 2. The summed E-state index contributed by atoms with van der Waals surface area (Å²) in [7, 11) is 1.58. The molecule has 0 amide bonds. The van der Waals surface area contributed by atoms with E-state index < -0.39 is 4.92 Å². The Bertz CT molecular complexity index is 828. The molecule has 3 aromatic rings. The minimum Gasteiger partial charge on any atom is -0.496 e. The molecule has 0 radical (unpaired) electrons. The van der Waals surface area contributed by atoms with Crippen molar-refractivity contribution in [2.75, 3.05) is 12.4 Å². The van der Waals surface area contributed by atoms with Crippen LogP contribution in [0.1, 0.15) is 0 Å². The summed E-state index contributed by atoms with van der Waals surface area (Å²) in [5.41, 5.74) is 1.91. The Morgan fingerprint density at radius 1 is 1.13 bits per heavy atom. The highest BCUT2D eigenvalue weighted by Gasteiger charge is 2.14. The summed E-state index contributed by atoms with van der Waals surface area (Å²) in [6.45, 7) is 0. The molecule has 6 heteroatoms. The summed E-state index contributed by atoms with van der Waals surface area (Å²) in [4.78, 5) is 10.7. The molecule has 0 spiro atoms. The number of nitrogens with one attached hydrogen (secondary N) is 1. The summed E-state index contributed by atoms with van der Waals surface area (Å²) in [6, 6.07) is 15.5. The topological polar surface area (TPSA) is 77.5 Å². The van der Waals surface area contributed by atoms with E-state index in [0.29, 0.717) is 22.9 Å². The predicted octanol–water partition coefficient (Wildman–Crippen LogP) is 4.61. The van der Waals surface area contributed by atoms with E-state index in [4.69, 9.17) is 9.15 Å². The van der Waals surface area contributed by atoms with Gasteiger partial charge in [-0.15, -0.1) is 0 Å². The van der Waals surface area contributed by atoms with Crippen LogP contribution < -0.4 is 10.1 Å². The lowest BCUT2D eigenvalue weighted by atomic mass is 10.1. The number of nitro benzene ring substituents is 1. The van der Waals surface area contributed by atoms with Gasteiger partial charge in [0, 0.05) is 11.8 Å². The van der Waals surface area contributed by atoms with Crippen LogP contribution in [-0.4, -0.2) is 12.0 Å². The fraction of sp³-hybridized carbons (Fsp3) is 0.0588. The minimum atomic E-state index is -0.417. The van der Waals surface area contributed by atoms with Crippen molar-refractivity contribution in [1.29, 1.82) is 0 Å². The fourth-order valence-corrected chi connectivity index (χ4v) is 2.30. The number of benzene rings is 2. The summed E-state index contributed by atoms with van der Waals surface area (Å²) in [5, 5.41) is 14.2. The maximum Gasteiger partial charge on any atom is 0.292 e. The third kappa shape index (κ3) is 3.01. The van der Waals surface area contributed by atoms with E-state index in [9.17, 15) is 10.1 Å². The summed E-state index contributed by atoms with van der Waals surface area (Å²) in [6.07, 6.45) is 1.58. The Balaban J connectivity index is 1.99. The second-order valence-electron chi connectivity index (χ2n) is 4.79. The summed E-state index contributed by atoms with van der Waals surface area (Å²) in [5.74, 6) is 1.32. The number of hydrogen-bond acceptors (Lipinski definition) is 5. The molecule has 1 heterocycles. The second-order valence-corrected chi connectivity index (χ2v) is 4.79. The van der Waals surface area contributed by atoms with Crippen molar-refractivity contribution in [2.45, 2.75) is 0 Å². The van der Waals surface area contributed by atoms with Crippen molar-refractivity contribution in [3.63, 3.8) is 0 Å². The highest BCUT2D eigenvalue weighted by atomic mass is 16.6. The molecule has 0 fully saturated rings. The largest absolute Gasteiger partial charge is 0.496 e. The van der Waals surface area contributed by atoms with Crippen molar-refractivity contribution in [2.24, 2.45) is 0 Å². The van der Waals surface area contributed by atoms with E-state index >= 15 is 0 Å². The van der Waals surface area contributed by atoms with Crippen LogP contribution >= 0.6 is 0 Å². The molecule has 3 rings (SSSR count). The van der Waals surface area contributed by atoms with Crippen molar-refractivity contribution in [3.8, 4) is 17.1 Å². The van der Waals surface area contributed by atoms with E-state index in [0.717, 1.165) is 5.56 Å². The molecule has 0 bridgehead atoms. The highest BCUT2D eigenvalue weighted by molar-refractivity contribution is 5.76. The first-order valence-corrected chi connectivity index (χ1v) is 6.91. The Morgan fingerprint density at radius 3 is 2.65 bits per heavy atom. The summed E-state index contributed by atoms with van der Waals surface area (Å²) < 4.78 is 10.8. The molecular formula is C17H14N2O4. The third-order valence-electron chi connectivity index (χ3n) is 3.37. The van der Waals surface area contributed by atoms with Gasteiger partial charge < -0.3 is 14.5 Å². The van der Waals surface area contributed by atoms with Crippen LogP contribution in [0.15, 0.2) is 65.3 Å². The van der Waals surface area contributed by atoms with Gasteiger partial charge in [-0.3, -0.25) is 10.1 Å². The second kappa shape index (κ2) is 6.23. The molecule has 1 N–H and O–H groups in total. The van der Waals surface area contributed by atoms with Gasteiger partial charge in [0.1, 0.15) is 17.2 Å². The first-order chi connectivity index (χ1) is 11.2. The molecule has 0 atom stereocenters. The first kappa shape index (κ1) is 14.6. The molecule has 1 aromatic heterocycles. The number of rotatable bonds is 5. The van der Waals surface area contributed by atoms with Crippen LogP contribution in [0.2, 0.25) is 0 Å². The molecule has 2 aromatic carbocycles. The predicted molar refractivity (Wildman–Crippen MR) is 87.1 cm³/mol. The van der Waals surface area contributed by atoms with Crippen LogP contribution in [0.5, 0.6) is 5.75 Å².